The average molecular weight is 272 g/mol. The van der Waals surface area contributed by atoms with Crippen molar-refractivity contribution < 1.29 is 9.84 Å². The van der Waals surface area contributed by atoms with Gasteiger partial charge in [0.1, 0.15) is 11.9 Å². The molecule has 20 heavy (non-hydrogen) atoms. The summed E-state index contributed by atoms with van der Waals surface area (Å²) in [6.45, 7) is 4.88. The Balaban J connectivity index is 2.02. The molecule has 1 aliphatic heterocycles. The van der Waals surface area contributed by atoms with Crippen molar-refractivity contribution in [2.45, 2.75) is 38.8 Å². The van der Waals surface area contributed by atoms with Gasteiger partial charge in [-0.25, -0.2) is 4.98 Å². The van der Waals surface area contributed by atoms with Gasteiger partial charge < -0.3 is 14.4 Å². The van der Waals surface area contributed by atoms with Gasteiger partial charge in [0, 0.05) is 11.6 Å². The summed E-state index contributed by atoms with van der Waals surface area (Å²) >= 11 is 0. The fourth-order valence-corrected chi connectivity index (χ4v) is 2.75. The number of para-hydroxylation sites is 1. The van der Waals surface area contributed by atoms with Crippen LogP contribution >= 0.6 is 0 Å². The summed E-state index contributed by atoms with van der Waals surface area (Å²) in [5.74, 6) is 0.850. The first-order valence-electron chi connectivity index (χ1n) is 7.13. The van der Waals surface area contributed by atoms with Crippen LogP contribution in [0.15, 0.2) is 30.7 Å². The molecule has 0 bridgehead atoms. The molecule has 0 spiro atoms. The highest BCUT2D eigenvalue weighted by Crippen LogP contribution is 2.35. The van der Waals surface area contributed by atoms with Crippen molar-refractivity contribution in [2.75, 3.05) is 6.61 Å². The first-order valence-corrected chi connectivity index (χ1v) is 7.13. The maximum atomic E-state index is 10.7. The number of aromatic nitrogens is 2. The highest BCUT2D eigenvalue weighted by atomic mass is 16.5. The van der Waals surface area contributed by atoms with E-state index < -0.39 is 6.10 Å². The quantitative estimate of drug-likeness (QED) is 0.934. The number of aliphatic hydroxyl groups is 1. The zero-order chi connectivity index (χ0) is 14.1. The lowest BCUT2D eigenvalue weighted by Gasteiger charge is -2.23. The second kappa shape index (κ2) is 5.29. The zero-order valence-corrected chi connectivity index (χ0v) is 11.9. The van der Waals surface area contributed by atoms with Crippen molar-refractivity contribution in [3.63, 3.8) is 0 Å². The molecule has 3 rings (SSSR count). The molecule has 1 aromatic heterocycles. The van der Waals surface area contributed by atoms with Crippen LogP contribution in [0.4, 0.5) is 0 Å². The molecule has 0 radical (unpaired) electrons. The predicted molar refractivity (Wildman–Crippen MR) is 76.9 cm³/mol. The fourth-order valence-electron chi connectivity index (χ4n) is 2.75. The molecule has 1 unspecified atom stereocenters. The van der Waals surface area contributed by atoms with Gasteiger partial charge >= 0.3 is 0 Å². The molecule has 0 fully saturated rings. The van der Waals surface area contributed by atoms with Crippen LogP contribution in [-0.2, 0) is 6.42 Å². The SMILES string of the molecule is CC(C)n1cncc1C(O)c1cccc2c1OCCC2. The minimum absolute atomic E-state index is 0.266. The summed E-state index contributed by atoms with van der Waals surface area (Å²) in [5.41, 5.74) is 2.83. The van der Waals surface area contributed by atoms with E-state index >= 15 is 0 Å². The first kappa shape index (κ1) is 13.2. The molecule has 0 saturated carbocycles. The number of nitrogens with zero attached hydrogens (tertiary/aromatic N) is 2. The molecular weight excluding hydrogens is 252 g/mol. The third-order valence-corrected chi connectivity index (χ3v) is 3.79. The minimum atomic E-state index is -0.701. The molecule has 1 aromatic carbocycles. The van der Waals surface area contributed by atoms with E-state index in [9.17, 15) is 5.11 Å². The first-order chi connectivity index (χ1) is 9.68. The number of ether oxygens (including phenoxy) is 1. The topological polar surface area (TPSA) is 47.3 Å². The largest absolute Gasteiger partial charge is 0.493 e. The fraction of sp³-hybridized carbons (Fsp3) is 0.438. The van der Waals surface area contributed by atoms with Crippen LogP contribution in [0.2, 0.25) is 0 Å². The van der Waals surface area contributed by atoms with Gasteiger partial charge in [0.15, 0.2) is 0 Å². The summed E-state index contributed by atoms with van der Waals surface area (Å²) in [7, 11) is 0. The molecule has 1 N–H and O–H groups in total. The molecule has 1 aliphatic rings. The standard InChI is InChI=1S/C16H20N2O2/c1-11(2)18-10-17-9-14(18)15(19)13-7-3-5-12-6-4-8-20-16(12)13/h3,5,7,9-11,15,19H,4,6,8H2,1-2H3. The average Bonchev–Trinajstić information content (AvgIpc) is 2.95. The van der Waals surface area contributed by atoms with Gasteiger partial charge in [-0.3, -0.25) is 0 Å². The van der Waals surface area contributed by atoms with Crippen molar-refractivity contribution in [1.82, 2.24) is 9.55 Å². The Morgan fingerprint density at radius 3 is 3.00 bits per heavy atom. The van der Waals surface area contributed by atoms with Crippen molar-refractivity contribution in [3.05, 3.63) is 47.5 Å². The number of benzene rings is 1. The van der Waals surface area contributed by atoms with Gasteiger partial charge in [0.2, 0.25) is 0 Å². The zero-order valence-electron chi connectivity index (χ0n) is 11.9. The number of imidazole rings is 1. The molecule has 4 heteroatoms. The number of aliphatic hydroxyl groups excluding tert-OH is 1. The molecule has 0 aliphatic carbocycles. The van der Waals surface area contributed by atoms with E-state index in [-0.39, 0.29) is 6.04 Å². The third kappa shape index (κ3) is 2.20. The highest BCUT2D eigenvalue weighted by molar-refractivity contribution is 5.46. The number of aryl methyl sites for hydroxylation is 1. The molecule has 1 atom stereocenters. The van der Waals surface area contributed by atoms with Crippen molar-refractivity contribution in [3.8, 4) is 5.75 Å². The normalized spacial score (nSPS) is 15.8. The van der Waals surface area contributed by atoms with E-state index in [2.05, 4.69) is 24.9 Å². The van der Waals surface area contributed by atoms with Crippen molar-refractivity contribution in [2.24, 2.45) is 0 Å². The Bertz CT molecular complexity index is 604. The van der Waals surface area contributed by atoms with Crippen LogP contribution in [0, 0.1) is 0 Å². The third-order valence-electron chi connectivity index (χ3n) is 3.79. The summed E-state index contributed by atoms with van der Waals surface area (Å²) in [5, 5.41) is 10.7. The lowest BCUT2D eigenvalue weighted by molar-refractivity contribution is 0.196. The van der Waals surface area contributed by atoms with Crippen molar-refractivity contribution >= 4 is 0 Å². The number of hydrogen-bond donors (Lipinski definition) is 1. The van der Waals surface area contributed by atoms with E-state index in [1.807, 2.05) is 16.7 Å². The van der Waals surface area contributed by atoms with Gasteiger partial charge in [-0.15, -0.1) is 0 Å². The monoisotopic (exact) mass is 272 g/mol. The van der Waals surface area contributed by atoms with E-state index in [0.717, 1.165) is 36.5 Å². The molecule has 0 amide bonds. The lowest BCUT2D eigenvalue weighted by atomic mass is 9.98. The van der Waals surface area contributed by atoms with Crippen LogP contribution in [-0.4, -0.2) is 21.3 Å². The summed E-state index contributed by atoms with van der Waals surface area (Å²) in [4.78, 5) is 4.16. The van der Waals surface area contributed by atoms with Crippen LogP contribution in [0.5, 0.6) is 5.75 Å². The van der Waals surface area contributed by atoms with Crippen molar-refractivity contribution in [1.29, 1.82) is 0 Å². The minimum Gasteiger partial charge on any atom is -0.493 e. The second-order valence-corrected chi connectivity index (χ2v) is 5.51. The second-order valence-electron chi connectivity index (χ2n) is 5.51. The van der Waals surface area contributed by atoms with E-state index in [1.165, 1.54) is 5.56 Å². The maximum absolute atomic E-state index is 10.7. The smallest absolute Gasteiger partial charge is 0.128 e. The van der Waals surface area contributed by atoms with Crippen LogP contribution < -0.4 is 4.74 Å². The lowest BCUT2D eigenvalue weighted by Crippen LogP contribution is -2.15. The Kier molecular flexibility index (Phi) is 3.49. The number of fused-ring (bicyclic) bond motifs is 1. The van der Waals surface area contributed by atoms with E-state index in [4.69, 9.17) is 4.74 Å². The van der Waals surface area contributed by atoms with Gasteiger partial charge in [0.25, 0.3) is 0 Å². The van der Waals surface area contributed by atoms with E-state index in [0.29, 0.717) is 0 Å². The molecule has 4 nitrogen and oxygen atoms in total. The van der Waals surface area contributed by atoms with Gasteiger partial charge in [0.05, 0.1) is 24.8 Å². The molecular formula is C16H20N2O2. The Labute approximate surface area is 119 Å². The predicted octanol–water partition coefficient (Wildman–Crippen LogP) is 2.87. The van der Waals surface area contributed by atoms with Crippen LogP contribution in [0.1, 0.15) is 49.2 Å². The highest BCUT2D eigenvalue weighted by Gasteiger charge is 2.23. The number of hydrogen-bond acceptors (Lipinski definition) is 3. The molecule has 2 aromatic rings. The van der Waals surface area contributed by atoms with Gasteiger partial charge in [-0.2, -0.15) is 0 Å². The van der Waals surface area contributed by atoms with Crippen LogP contribution in [0.25, 0.3) is 0 Å². The van der Waals surface area contributed by atoms with Gasteiger partial charge in [-0.1, -0.05) is 18.2 Å². The van der Waals surface area contributed by atoms with Crippen LogP contribution in [0.3, 0.4) is 0 Å². The Hall–Kier alpha value is -1.81. The summed E-state index contributed by atoms with van der Waals surface area (Å²) in [6.07, 6.45) is 4.84. The summed E-state index contributed by atoms with van der Waals surface area (Å²) in [6, 6.07) is 6.27. The number of rotatable bonds is 3. The molecule has 0 saturated heterocycles. The Morgan fingerprint density at radius 2 is 2.20 bits per heavy atom. The Morgan fingerprint density at radius 1 is 1.35 bits per heavy atom. The summed E-state index contributed by atoms with van der Waals surface area (Å²) < 4.78 is 7.78. The van der Waals surface area contributed by atoms with Gasteiger partial charge in [-0.05, 0) is 32.3 Å². The maximum Gasteiger partial charge on any atom is 0.128 e. The molecule has 106 valence electrons. The van der Waals surface area contributed by atoms with E-state index in [1.54, 1.807) is 12.5 Å². The molecule has 2 heterocycles.